The van der Waals surface area contributed by atoms with Gasteiger partial charge in [0, 0.05) is 54.6 Å². The first-order valence-electron chi connectivity index (χ1n) is 12.1. The van der Waals surface area contributed by atoms with Crippen LogP contribution in [-0.4, -0.2) is 29.9 Å². The van der Waals surface area contributed by atoms with E-state index in [0.29, 0.717) is 12.8 Å². The summed E-state index contributed by atoms with van der Waals surface area (Å²) in [4.78, 5) is 33.4. The van der Waals surface area contributed by atoms with Crippen LogP contribution >= 0.6 is 0 Å². The zero-order valence-corrected chi connectivity index (χ0v) is 20.2. The summed E-state index contributed by atoms with van der Waals surface area (Å²) in [6, 6.07) is 18.6. The molecule has 1 aromatic heterocycles. The monoisotopic (exact) mass is 453 g/mol. The van der Waals surface area contributed by atoms with E-state index in [1.807, 2.05) is 34.2 Å². The highest BCUT2D eigenvalue weighted by molar-refractivity contribution is 6.00. The van der Waals surface area contributed by atoms with Gasteiger partial charge in [-0.2, -0.15) is 0 Å². The molecular formula is C29H31N3O2. The minimum atomic E-state index is 0.0186. The summed E-state index contributed by atoms with van der Waals surface area (Å²) in [5.74, 6) is 0.284. The summed E-state index contributed by atoms with van der Waals surface area (Å²) in [5, 5.41) is 0. The van der Waals surface area contributed by atoms with Crippen molar-refractivity contribution in [2.45, 2.75) is 51.9 Å². The number of pyridine rings is 1. The van der Waals surface area contributed by atoms with Crippen LogP contribution in [0.3, 0.4) is 0 Å². The van der Waals surface area contributed by atoms with Crippen molar-refractivity contribution in [1.29, 1.82) is 0 Å². The van der Waals surface area contributed by atoms with Gasteiger partial charge in [0.15, 0.2) is 0 Å². The summed E-state index contributed by atoms with van der Waals surface area (Å²) in [7, 11) is 0. The Labute approximate surface area is 201 Å². The summed E-state index contributed by atoms with van der Waals surface area (Å²) in [6.45, 7) is 8.08. The zero-order valence-electron chi connectivity index (χ0n) is 20.2. The summed E-state index contributed by atoms with van der Waals surface area (Å²) >= 11 is 0. The third kappa shape index (κ3) is 4.23. The van der Waals surface area contributed by atoms with Crippen LogP contribution in [0.5, 0.6) is 0 Å². The Balaban J connectivity index is 1.55. The van der Waals surface area contributed by atoms with Gasteiger partial charge in [0.25, 0.3) is 0 Å². The lowest BCUT2D eigenvalue weighted by Crippen LogP contribution is -2.26. The minimum Gasteiger partial charge on any atom is -0.312 e. The highest BCUT2D eigenvalue weighted by atomic mass is 16.2. The predicted octanol–water partition coefficient (Wildman–Crippen LogP) is 5.97. The molecule has 0 unspecified atom stereocenters. The van der Waals surface area contributed by atoms with Crippen molar-refractivity contribution in [1.82, 2.24) is 4.98 Å². The molecule has 2 aromatic carbocycles. The number of hydrogen-bond donors (Lipinski definition) is 0. The van der Waals surface area contributed by atoms with E-state index < -0.39 is 0 Å². The van der Waals surface area contributed by atoms with Gasteiger partial charge in [0.05, 0.1) is 5.69 Å². The number of rotatable bonds is 4. The van der Waals surface area contributed by atoms with E-state index in [-0.39, 0.29) is 17.2 Å². The van der Waals surface area contributed by atoms with Gasteiger partial charge in [0.2, 0.25) is 11.8 Å². The van der Waals surface area contributed by atoms with E-state index >= 15 is 0 Å². The molecule has 174 valence electrons. The van der Waals surface area contributed by atoms with Crippen molar-refractivity contribution in [3.63, 3.8) is 0 Å². The summed E-state index contributed by atoms with van der Waals surface area (Å²) in [6.07, 6.45) is 4.78. The van der Waals surface area contributed by atoms with E-state index in [1.165, 1.54) is 5.56 Å². The second-order valence-corrected chi connectivity index (χ2v) is 10.3. The molecule has 2 fully saturated rings. The third-order valence-corrected chi connectivity index (χ3v) is 6.78. The largest absolute Gasteiger partial charge is 0.312 e. The van der Waals surface area contributed by atoms with E-state index in [2.05, 4.69) is 57.2 Å². The average molecular weight is 454 g/mol. The first kappa shape index (κ1) is 22.3. The number of carbonyl (C=O) groups excluding carboxylic acids is 2. The standard InChI is InChI=1S/C29H31N3O2/c1-29(2,3)25-9-5-4-8-24(25)26-13-12-20(19-30-26)21-16-22(31-14-6-10-27(31)33)18-23(17-21)32-15-7-11-28(32)34/h4-5,8-9,12-13,16-19H,6-7,10-11,14-15H2,1-3H3. The van der Waals surface area contributed by atoms with Crippen LogP contribution in [0.4, 0.5) is 11.4 Å². The second kappa shape index (κ2) is 8.71. The van der Waals surface area contributed by atoms with Gasteiger partial charge in [-0.3, -0.25) is 14.6 Å². The van der Waals surface area contributed by atoms with Crippen molar-refractivity contribution in [2.24, 2.45) is 0 Å². The van der Waals surface area contributed by atoms with Crippen LogP contribution in [0.2, 0.25) is 0 Å². The molecule has 0 N–H and O–H groups in total. The number of anilines is 2. The highest BCUT2D eigenvalue weighted by Crippen LogP contribution is 2.36. The lowest BCUT2D eigenvalue weighted by Gasteiger charge is -2.23. The lowest BCUT2D eigenvalue weighted by atomic mass is 9.83. The third-order valence-electron chi connectivity index (χ3n) is 6.78. The van der Waals surface area contributed by atoms with Crippen molar-refractivity contribution < 1.29 is 9.59 Å². The van der Waals surface area contributed by atoms with E-state index in [1.54, 1.807) is 0 Å². The first-order chi connectivity index (χ1) is 16.3. The van der Waals surface area contributed by atoms with Gasteiger partial charge in [-0.15, -0.1) is 0 Å². The maximum absolute atomic E-state index is 12.5. The SMILES string of the molecule is CC(C)(C)c1ccccc1-c1ccc(-c2cc(N3CCCC3=O)cc(N3CCCC3=O)c2)cn1. The number of amides is 2. The minimum absolute atomic E-state index is 0.0186. The molecule has 34 heavy (non-hydrogen) atoms. The van der Waals surface area contributed by atoms with Crippen LogP contribution in [0.25, 0.3) is 22.4 Å². The van der Waals surface area contributed by atoms with Crippen molar-refractivity contribution in [3.8, 4) is 22.4 Å². The van der Waals surface area contributed by atoms with Gasteiger partial charge in [-0.1, -0.05) is 51.1 Å². The van der Waals surface area contributed by atoms with Gasteiger partial charge in [0.1, 0.15) is 0 Å². The fraction of sp³-hybridized carbons (Fsp3) is 0.345. The number of aromatic nitrogens is 1. The maximum Gasteiger partial charge on any atom is 0.227 e. The van der Waals surface area contributed by atoms with Gasteiger partial charge in [-0.25, -0.2) is 0 Å². The quantitative estimate of drug-likeness (QED) is 0.489. The molecule has 0 radical (unpaired) electrons. The molecule has 3 aromatic rings. The smallest absolute Gasteiger partial charge is 0.227 e. The zero-order chi connectivity index (χ0) is 23.9. The Morgan fingerprint density at radius 3 is 1.88 bits per heavy atom. The van der Waals surface area contributed by atoms with Crippen LogP contribution in [0.15, 0.2) is 60.8 Å². The van der Waals surface area contributed by atoms with Gasteiger partial charge < -0.3 is 9.80 Å². The normalized spacial score (nSPS) is 16.6. The van der Waals surface area contributed by atoms with E-state index in [0.717, 1.165) is 59.7 Å². The second-order valence-electron chi connectivity index (χ2n) is 10.3. The number of hydrogen-bond acceptors (Lipinski definition) is 3. The molecule has 3 heterocycles. The average Bonchev–Trinajstić information content (AvgIpc) is 3.46. The molecule has 0 spiro atoms. The van der Waals surface area contributed by atoms with Crippen LogP contribution in [-0.2, 0) is 15.0 Å². The molecule has 0 atom stereocenters. The van der Waals surface area contributed by atoms with Gasteiger partial charge >= 0.3 is 0 Å². The molecule has 2 amide bonds. The summed E-state index contributed by atoms with van der Waals surface area (Å²) in [5.41, 5.74) is 7.02. The molecule has 5 heteroatoms. The molecule has 0 saturated carbocycles. The number of carbonyl (C=O) groups is 2. The van der Waals surface area contributed by atoms with E-state index in [9.17, 15) is 9.59 Å². The highest BCUT2D eigenvalue weighted by Gasteiger charge is 2.26. The van der Waals surface area contributed by atoms with Crippen molar-refractivity contribution in [3.05, 3.63) is 66.4 Å². The Morgan fingerprint density at radius 1 is 0.765 bits per heavy atom. The van der Waals surface area contributed by atoms with Crippen LogP contribution in [0.1, 0.15) is 52.0 Å². The lowest BCUT2D eigenvalue weighted by molar-refractivity contribution is -0.117. The van der Waals surface area contributed by atoms with Crippen LogP contribution in [0, 0.1) is 0 Å². The Kier molecular flexibility index (Phi) is 5.72. The molecule has 2 aliphatic rings. The first-order valence-corrected chi connectivity index (χ1v) is 12.1. The summed E-state index contributed by atoms with van der Waals surface area (Å²) < 4.78 is 0. The van der Waals surface area contributed by atoms with Crippen LogP contribution < -0.4 is 9.80 Å². The van der Waals surface area contributed by atoms with Gasteiger partial charge in [-0.05, 0) is 53.6 Å². The molecule has 0 bridgehead atoms. The Hall–Kier alpha value is -3.47. The molecule has 5 nitrogen and oxygen atoms in total. The van der Waals surface area contributed by atoms with Crippen molar-refractivity contribution >= 4 is 23.2 Å². The molecule has 2 aliphatic heterocycles. The maximum atomic E-state index is 12.5. The topological polar surface area (TPSA) is 53.5 Å². The van der Waals surface area contributed by atoms with E-state index in [4.69, 9.17) is 4.98 Å². The molecule has 5 rings (SSSR count). The molecular weight excluding hydrogens is 422 g/mol. The fourth-order valence-electron chi connectivity index (χ4n) is 5.00. The Bertz CT molecular complexity index is 1200. The molecule has 0 aliphatic carbocycles. The fourth-order valence-corrected chi connectivity index (χ4v) is 5.00. The van der Waals surface area contributed by atoms with Crippen molar-refractivity contribution in [2.75, 3.05) is 22.9 Å². The predicted molar refractivity (Wildman–Crippen MR) is 137 cm³/mol. The number of benzene rings is 2. The molecule has 2 saturated heterocycles. The number of nitrogens with zero attached hydrogens (tertiary/aromatic N) is 3. The Morgan fingerprint density at radius 2 is 1.38 bits per heavy atom.